The molecule has 0 amide bonds. The van der Waals surface area contributed by atoms with Crippen molar-refractivity contribution in [3.8, 4) is 5.75 Å². The van der Waals surface area contributed by atoms with Gasteiger partial charge in [0, 0.05) is 6.61 Å². The number of hydrogen-bond acceptors (Lipinski definition) is 4. The third-order valence-corrected chi connectivity index (χ3v) is 3.79. The van der Waals surface area contributed by atoms with E-state index in [0.717, 1.165) is 37.7 Å². The number of hydrogen-bond donors (Lipinski definition) is 2. The lowest BCUT2D eigenvalue weighted by molar-refractivity contribution is 0.0112. The molecule has 118 valence electrons. The van der Waals surface area contributed by atoms with Gasteiger partial charge in [0.2, 0.25) is 0 Å². The summed E-state index contributed by atoms with van der Waals surface area (Å²) in [6.07, 6.45) is 3.94. The first-order valence-corrected chi connectivity index (χ1v) is 7.90. The lowest BCUT2D eigenvalue weighted by Crippen LogP contribution is -2.23. The summed E-state index contributed by atoms with van der Waals surface area (Å²) in [4.78, 5) is 0. The van der Waals surface area contributed by atoms with E-state index >= 15 is 0 Å². The molecule has 0 saturated carbocycles. The molecule has 2 atom stereocenters. The van der Waals surface area contributed by atoms with Gasteiger partial charge < -0.3 is 19.7 Å². The van der Waals surface area contributed by atoms with E-state index < -0.39 is 6.10 Å². The predicted octanol–water partition coefficient (Wildman–Crippen LogP) is 2.61. The van der Waals surface area contributed by atoms with Gasteiger partial charge in [0.15, 0.2) is 0 Å². The summed E-state index contributed by atoms with van der Waals surface area (Å²) >= 11 is 0. The molecule has 21 heavy (non-hydrogen) atoms. The van der Waals surface area contributed by atoms with Crippen molar-refractivity contribution in [2.75, 3.05) is 19.8 Å². The van der Waals surface area contributed by atoms with Gasteiger partial charge in [-0.15, -0.1) is 0 Å². The lowest BCUT2D eigenvalue weighted by Gasteiger charge is -2.22. The van der Waals surface area contributed by atoms with Crippen LogP contribution in [0, 0.1) is 0 Å². The summed E-state index contributed by atoms with van der Waals surface area (Å²) in [6, 6.07) is 5.81. The molecular formula is C17H26O4. The highest BCUT2D eigenvalue weighted by atomic mass is 16.5. The van der Waals surface area contributed by atoms with Gasteiger partial charge in [-0.25, -0.2) is 0 Å². The van der Waals surface area contributed by atoms with Crippen molar-refractivity contribution in [2.24, 2.45) is 0 Å². The molecule has 1 aromatic rings. The fraction of sp³-hybridized carbons (Fsp3) is 0.647. The molecule has 1 aliphatic rings. The number of unbranched alkanes of at least 4 members (excludes halogenated alkanes) is 1. The minimum Gasteiger partial charge on any atom is -0.491 e. The molecule has 1 aliphatic carbocycles. The summed E-state index contributed by atoms with van der Waals surface area (Å²) in [5.74, 6) is 0.697. The van der Waals surface area contributed by atoms with Crippen LogP contribution in [0.2, 0.25) is 0 Å². The van der Waals surface area contributed by atoms with Crippen LogP contribution < -0.4 is 4.74 Å². The van der Waals surface area contributed by atoms with Crippen LogP contribution in [-0.2, 0) is 11.2 Å². The Morgan fingerprint density at radius 2 is 2.19 bits per heavy atom. The molecule has 0 spiro atoms. The van der Waals surface area contributed by atoms with Crippen LogP contribution in [0.5, 0.6) is 5.75 Å². The van der Waals surface area contributed by atoms with Crippen molar-refractivity contribution in [2.45, 2.75) is 51.2 Å². The zero-order valence-corrected chi connectivity index (χ0v) is 12.8. The molecule has 2 N–H and O–H groups in total. The molecule has 0 fully saturated rings. The summed E-state index contributed by atoms with van der Waals surface area (Å²) in [7, 11) is 0. The number of aryl methyl sites for hydroxylation is 1. The molecular weight excluding hydrogens is 268 g/mol. The highest BCUT2D eigenvalue weighted by Crippen LogP contribution is 2.32. The van der Waals surface area contributed by atoms with E-state index in [1.54, 1.807) is 0 Å². The molecule has 0 aliphatic heterocycles. The summed E-state index contributed by atoms with van der Waals surface area (Å²) in [6.45, 7) is 3.29. The maximum atomic E-state index is 10.0. The number of fused-ring (bicyclic) bond motifs is 1. The first-order valence-electron chi connectivity index (χ1n) is 7.90. The van der Waals surface area contributed by atoms with Crippen LogP contribution in [0.1, 0.15) is 49.8 Å². The maximum Gasteiger partial charge on any atom is 0.119 e. The second kappa shape index (κ2) is 8.37. The first kappa shape index (κ1) is 16.3. The van der Waals surface area contributed by atoms with E-state index in [2.05, 4.69) is 6.92 Å². The maximum absolute atomic E-state index is 10.0. The topological polar surface area (TPSA) is 58.9 Å². The third kappa shape index (κ3) is 4.99. The SMILES string of the molecule is CCCCOCC(O)COc1ccc2c(c1)[C@@H](O)CCC2. The Hall–Kier alpha value is -1.10. The van der Waals surface area contributed by atoms with Gasteiger partial charge in [-0.3, -0.25) is 0 Å². The molecule has 0 aromatic heterocycles. The normalized spacial score (nSPS) is 19.1. The third-order valence-electron chi connectivity index (χ3n) is 3.79. The van der Waals surface area contributed by atoms with Crippen molar-refractivity contribution >= 4 is 0 Å². The molecule has 1 aromatic carbocycles. The molecule has 1 unspecified atom stereocenters. The van der Waals surface area contributed by atoms with Gasteiger partial charge in [0.05, 0.1) is 12.7 Å². The van der Waals surface area contributed by atoms with Crippen molar-refractivity contribution in [3.05, 3.63) is 29.3 Å². The van der Waals surface area contributed by atoms with Crippen LogP contribution in [-0.4, -0.2) is 36.1 Å². The van der Waals surface area contributed by atoms with Gasteiger partial charge in [-0.05, 0) is 48.9 Å². The number of rotatable bonds is 8. The van der Waals surface area contributed by atoms with Crippen molar-refractivity contribution in [1.29, 1.82) is 0 Å². The number of ether oxygens (including phenoxy) is 2. The van der Waals surface area contributed by atoms with Gasteiger partial charge in [0.25, 0.3) is 0 Å². The van der Waals surface area contributed by atoms with Gasteiger partial charge in [-0.1, -0.05) is 19.4 Å². The second-order valence-corrected chi connectivity index (χ2v) is 5.66. The van der Waals surface area contributed by atoms with E-state index in [-0.39, 0.29) is 12.7 Å². The monoisotopic (exact) mass is 294 g/mol. The number of aliphatic hydroxyl groups is 2. The Morgan fingerprint density at radius 3 is 3.00 bits per heavy atom. The van der Waals surface area contributed by atoms with Crippen molar-refractivity contribution in [1.82, 2.24) is 0 Å². The van der Waals surface area contributed by atoms with Crippen molar-refractivity contribution < 1.29 is 19.7 Å². The van der Waals surface area contributed by atoms with Crippen LogP contribution in [0.3, 0.4) is 0 Å². The van der Waals surface area contributed by atoms with Gasteiger partial charge in [-0.2, -0.15) is 0 Å². The van der Waals surface area contributed by atoms with E-state index in [1.165, 1.54) is 5.56 Å². The average molecular weight is 294 g/mol. The summed E-state index contributed by atoms with van der Waals surface area (Å²) in [5, 5.41) is 19.8. The smallest absolute Gasteiger partial charge is 0.119 e. The Morgan fingerprint density at radius 1 is 1.33 bits per heavy atom. The Bertz CT molecular complexity index is 433. The van der Waals surface area contributed by atoms with Crippen molar-refractivity contribution in [3.63, 3.8) is 0 Å². The van der Waals surface area contributed by atoms with E-state index in [9.17, 15) is 10.2 Å². The molecule has 4 nitrogen and oxygen atoms in total. The fourth-order valence-corrected chi connectivity index (χ4v) is 2.55. The molecule has 4 heteroatoms. The van der Waals surface area contributed by atoms with Gasteiger partial charge >= 0.3 is 0 Å². The molecule has 0 heterocycles. The first-order chi connectivity index (χ1) is 10.2. The Kier molecular flexibility index (Phi) is 6.49. The fourth-order valence-electron chi connectivity index (χ4n) is 2.55. The highest BCUT2D eigenvalue weighted by molar-refractivity contribution is 5.38. The standard InChI is InChI=1S/C17H26O4/c1-2-3-9-20-11-14(18)12-21-15-8-7-13-5-4-6-17(19)16(13)10-15/h7-8,10,14,17-19H,2-6,9,11-12H2,1H3/t14?,17-/m0/s1. The van der Waals surface area contributed by atoms with E-state index in [4.69, 9.17) is 9.47 Å². The van der Waals surface area contributed by atoms with Gasteiger partial charge in [0.1, 0.15) is 18.5 Å². The molecule has 2 rings (SSSR count). The van der Waals surface area contributed by atoms with E-state index in [0.29, 0.717) is 19.0 Å². The molecule has 0 bridgehead atoms. The van der Waals surface area contributed by atoms with Crippen LogP contribution >= 0.6 is 0 Å². The largest absolute Gasteiger partial charge is 0.491 e. The van der Waals surface area contributed by atoms with Crippen LogP contribution in [0.25, 0.3) is 0 Å². The average Bonchev–Trinajstić information content (AvgIpc) is 2.50. The Balaban J connectivity index is 1.79. The lowest BCUT2D eigenvalue weighted by atomic mass is 9.89. The number of benzene rings is 1. The predicted molar refractivity (Wildman–Crippen MR) is 81.6 cm³/mol. The van der Waals surface area contributed by atoms with Crippen LogP contribution in [0.4, 0.5) is 0 Å². The minimum absolute atomic E-state index is 0.209. The number of aliphatic hydroxyl groups excluding tert-OH is 2. The second-order valence-electron chi connectivity index (χ2n) is 5.66. The summed E-state index contributed by atoms with van der Waals surface area (Å²) < 4.78 is 11.0. The van der Waals surface area contributed by atoms with Crippen LogP contribution in [0.15, 0.2) is 18.2 Å². The quantitative estimate of drug-likeness (QED) is 0.724. The zero-order valence-electron chi connectivity index (χ0n) is 12.8. The van der Waals surface area contributed by atoms with E-state index in [1.807, 2.05) is 18.2 Å². The highest BCUT2D eigenvalue weighted by Gasteiger charge is 2.18. The summed E-state index contributed by atoms with van der Waals surface area (Å²) in [5.41, 5.74) is 2.16. The molecule has 0 radical (unpaired) electrons. The minimum atomic E-state index is -0.622. The Labute approximate surface area is 126 Å². The molecule has 0 saturated heterocycles. The zero-order chi connectivity index (χ0) is 15.1.